The molecule has 1 saturated heterocycles. The molecule has 1 fully saturated rings. The number of aromatic nitrogens is 1. The van der Waals surface area contributed by atoms with E-state index in [9.17, 15) is 0 Å². The highest BCUT2D eigenvalue weighted by molar-refractivity contribution is 7.11. The smallest absolute Gasteiger partial charge is 0.110 e. The van der Waals surface area contributed by atoms with Crippen molar-refractivity contribution >= 4 is 11.3 Å². The molecular formula is C14H25N3S. The first-order chi connectivity index (χ1) is 8.65. The van der Waals surface area contributed by atoms with Crippen LogP contribution >= 0.6 is 11.3 Å². The van der Waals surface area contributed by atoms with Crippen molar-refractivity contribution in [1.82, 2.24) is 15.2 Å². The zero-order chi connectivity index (χ0) is 13.1. The molecule has 4 heteroatoms. The molecule has 102 valence electrons. The summed E-state index contributed by atoms with van der Waals surface area (Å²) in [6.07, 6.45) is 4.39. The van der Waals surface area contributed by atoms with Gasteiger partial charge in [0.05, 0.1) is 6.04 Å². The molecular weight excluding hydrogens is 242 g/mol. The molecule has 2 heterocycles. The first-order valence-corrected chi connectivity index (χ1v) is 7.83. The van der Waals surface area contributed by atoms with Crippen LogP contribution in [0.2, 0.25) is 0 Å². The number of hydrogen-bond acceptors (Lipinski definition) is 4. The van der Waals surface area contributed by atoms with Gasteiger partial charge in [0.1, 0.15) is 5.01 Å². The summed E-state index contributed by atoms with van der Waals surface area (Å²) in [5.41, 5.74) is 0. The quantitative estimate of drug-likeness (QED) is 0.909. The number of piperidine rings is 1. The molecule has 0 radical (unpaired) electrons. The minimum absolute atomic E-state index is 0.468. The molecule has 18 heavy (non-hydrogen) atoms. The normalized spacial score (nSPS) is 27.3. The van der Waals surface area contributed by atoms with E-state index in [0.717, 1.165) is 12.3 Å². The molecule has 3 unspecified atom stereocenters. The number of rotatable bonds is 4. The summed E-state index contributed by atoms with van der Waals surface area (Å²) in [6.45, 7) is 9.19. The molecule has 2 rings (SSSR count). The second-order valence-electron chi connectivity index (χ2n) is 5.35. The maximum atomic E-state index is 4.59. The SMILES string of the molecule is CCc1cnc(C(C)N2CCC(NC)C(C)C2)s1. The van der Waals surface area contributed by atoms with Crippen molar-refractivity contribution in [3.63, 3.8) is 0 Å². The van der Waals surface area contributed by atoms with Gasteiger partial charge in [-0.2, -0.15) is 0 Å². The Morgan fingerprint density at radius 3 is 2.94 bits per heavy atom. The van der Waals surface area contributed by atoms with Crippen LogP contribution in [0.4, 0.5) is 0 Å². The van der Waals surface area contributed by atoms with Gasteiger partial charge in [0.25, 0.3) is 0 Å². The van der Waals surface area contributed by atoms with Crippen LogP contribution in [-0.2, 0) is 6.42 Å². The van der Waals surface area contributed by atoms with E-state index in [2.05, 4.69) is 43.0 Å². The van der Waals surface area contributed by atoms with Crippen molar-refractivity contribution in [2.24, 2.45) is 5.92 Å². The van der Waals surface area contributed by atoms with Gasteiger partial charge < -0.3 is 5.32 Å². The third-order valence-corrected chi connectivity index (χ3v) is 5.44. The maximum Gasteiger partial charge on any atom is 0.110 e. The zero-order valence-corrected chi connectivity index (χ0v) is 12.8. The summed E-state index contributed by atoms with van der Waals surface area (Å²) in [4.78, 5) is 8.57. The number of nitrogens with one attached hydrogen (secondary N) is 1. The molecule has 3 nitrogen and oxygen atoms in total. The van der Waals surface area contributed by atoms with E-state index in [1.165, 1.54) is 29.4 Å². The van der Waals surface area contributed by atoms with Crippen LogP contribution in [0.5, 0.6) is 0 Å². The van der Waals surface area contributed by atoms with Gasteiger partial charge in [-0.3, -0.25) is 4.90 Å². The second kappa shape index (κ2) is 6.13. The van der Waals surface area contributed by atoms with Gasteiger partial charge in [-0.1, -0.05) is 13.8 Å². The number of likely N-dealkylation sites (tertiary alicyclic amines) is 1. The fraction of sp³-hybridized carbons (Fsp3) is 0.786. The van der Waals surface area contributed by atoms with Crippen molar-refractivity contribution in [2.75, 3.05) is 20.1 Å². The van der Waals surface area contributed by atoms with Gasteiger partial charge in [-0.15, -0.1) is 11.3 Å². The largest absolute Gasteiger partial charge is 0.317 e. The van der Waals surface area contributed by atoms with Crippen LogP contribution in [0.3, 0.4) is 0 Å². The average molecular weight is 267 g/mol. The molecule has 0 aliphatic carbocycles. The van der Waals surface area contributed by atoms with Gasteiger partial charge in [-0.05, 0) is 32.7 Å². The minimum Gasteiger partial charge on any atom is -0.317 e. The van der Waals surface area contributed by atoms with E-state index in [4.69, 9.17) is 0 Å². The monoisotopic (exact) mass is 267 g/mol. The predicted octanol–water partition coefficient (Wildman–Crippen LogP) is 2.70. The van der Waals surface area contributed by atoms with E-state index in [1.807, 2.05) is 17.5 Å². The van der Waals surface area contributed by atoms with Crippen LogP contribution in [0.25, 0.3) is 0 Å². The molecule has 0 aromatic carbocycles. The first kappa shape index (κ1) is 14.0. The summed E-state index contributed by atoms with van der Waals surface area (Å²) in [5.74, 6) is 0.719. The van der Waals surface area contributed by atoms with Crippen molar-refractivity contribution in [1.29, 1.82) is 0 Å². The highest BCUT2D eigenvalue weighted by Crippen LogP contribution is 2.29. The lowest BCUT2D eigenvalue weighted by atomic mass is 9.93. The Morgan fingerprint density at radius 2 is 2.39 bits per heavy atom. The topological polar surface area (TPSA) is 28.2 Å². The molecule has 1 aromatic heterocycles. The molecule has 1 aliphatic rings. The van der Waals surface area contributed by atoms with Gasteiger partial charge in [0, 0.05) is 30.2 Å². The minimum atomic E-state index is 0.468. The van der Waals surface area contributed by atoms with Crippen LogP contribution in [0.15, 0.2) is 6.20 Å². The van der Waals surface area contributed by atoms with E-state index in [0.29, 0.717) is 12.1 Å². The Bertz CT molecular complexity index is 377. The lowest BCUT2D eigenvalue weighted by molar-refractivity contribution is 0.114. The fourth-order valence-corrected chi connectivity index (χ4v) is 3.74. The lowest BCUT2D eigenvalue weighted by Gasteiger charge is -2.39. The molecule has 1 aromatic rings. The van der Waals surface area contributed by atoms with E-state index >= 15 is 0 Å². The predicted molar refractivity (Wildman–Crippen MR) is 78.1 cm³/mol. The summed E-state index contributed by atoms with van der Waals surface area (Å²) in [5, 5.41) is 4.71. The standard InChI is InChI=1S/C14H25N3S/c1-5-12-8-16-14(18-12)11(3)17-7-6-13(15-4)10(2)9-17/h8,10-11,13,15H,5-7,9H2,1-4H3. The van der Waals surface area contributed by atoms with E-state index < -0.39 is 0 Å². The number of nitrogens with zero attached hydrogens (tertiary/aromatic N) is 2. The number of thiazole rings is 1. The first-order valence-electron chi connectivity index (χ1n) is 7.01. The van der Waals surface area contributed by atoms with Crippen LogP contribution in [0.1, 0.15) is 43.1 Å². The molecule has 1 N–H and O–H groups in total. The van der Waals surface area contributed by atoms with Crippen LogP contribution < -0.4 is 5.32 Å². The Labute approximate surface area is 115 Å². The Kier molecular flexibility index (Phi) is 4.76. The van der Waals surface area contributed by atoms with E-state index in [-0.39, 0.29) is 0 Å². The lowest BCUT2D eigenvalue weighted by Crippen LogP contribution is -2.47. The highest BCUT2D eigenvalue weighted by atomic mass is 32.1. The maximum absolute atomic E-state index is 4.59. The molecule has 0 saturated carbocycles. The Balaban J connectivity index is 1.99. The third-order valence-electron chi connectivity index (χ3n) is 4.13. The molecule has 0 spiro atoms. The average Bonchev–Trinajstić information content (AvgIpc) is 2.86. The van der Waals surface area contributed by atoms with Crippen LogP contribution in [0, 0.1) is 5.92 Å². The highest BCUT2D eigenvalue weighted by Gasteiger charge is 2.28. The van der Waals surface area contributed by atoms with Gasteiger partial charge in [0.15, 0.2) is 0 Å². The summed E-state index contributed by atoms with van der Waals surface area (Å²) in [7, 11) is 2.08. The van der Waals surface area contributed by atoms with Gasteiger partial charge >= 0.3 is 0 Å². The molecule has 0 bridgehead atoms. The summed E-state index contributed by atoms with van der Waals surface area (Å²) >= 11 is 1.87. The van der Waals surface area contributed by atoms with Crippen molar-refractivity contribution in [2.45, 2.75) is 45.7 Å². The fourth-order valence-electron chi connectivity index (χ4n) is 2.79. The molecule has 3 atom stereocenters. The van der Waals surface area contributed by atoms with Gasteiger partial charge in [-0.25, -0.2) is 4.98 Å². The van der Waals surface area contributed by atoms with Gasteiger partial charge in [0.2, 0.25) is 0 Å². The number of aryl methyl sites for hydroxylation is 1. The summed E-state index contributed by atoms with van der Waals surface area (Å²) < 4.78 is 0. The molecule has 1 aliphatic heterocycles. The zero-order valence-electron chi connectivity index (χ0n) is 11.9. The van der Waals surface area contributed by atoms with Crippen molar-refractivity contribution < 1.29 is 0 Å². The third kappa shape index (κ3) is 2.92. The second-order valence-corrected chi connectivity index (χ2v) is 6.50. The van der Waals surface area contributed by atoms with E-state index in [1.54, 1.807) is 0 Å². The number of hydrogen-bond donors (Lipinski definition) is 1. The Hall–Kier alpha value is -0.450. The van der Waals surface area contributed by atoms with Crippen molar-refractivity contribution in [3.8, 4) is 0 Å². The molecule has 0 amide bonds. The Morgan fingerprint density at radius 1 is 1.61 bits per heavy atom. The van der Waals surface area contributed by atoms with Crippen molar-refractivity contribution in [3.05, 3.63) is 16.1 Å². The van der Waals surface area contributed by atoms with Crippen LogP contribution in [-0.4, -0.2) is 36.1 Å². The summed E-state index contributed by atoms with van der Waals surface area (Å²) in [6, 6.07) is 1.14.